The molecular weight excluding hydrogens is 260 g/mol. The Morgan fingerprint density at radius 1 is 0.714 bits per heavy atom. The first-order valence-corrected chi connectivity index (χ1v) is 6.72. The van der Waals surface area contributed by atoms with Gasteiger partial charge in [0.15, 0.2) is 0 Å². The molecule has 0 aliphatic rings. The van der Waals surface area contributed by atoms with Gasteiger partial charge in [-0.25, -0.2) is 0 Å². The molecule has 4 aromatic rings. The molecule has 0 N–H and O–H groups in total. The average molecular weight is 272 g/mol. The van der Waals surface area contributed by atoms with Gasteiger partial charge in [-0.1, -0.05) is 6.07 Å². The maximum absolute atomic E-state index is 4.51. The number of pyridine rings is 3. The molecule has 0 radical (unpaired) electrons. The Morgan fingerprint density at radius 3 is 2.43 bits per heavy atom. The predicted octanol–water partition coefficient (Wildman–Crippen LogP) is 3.48. The third-order valence-electron chi connectivity index (χ3n) is 3.41. The molecule has 4 aromatic heterocycles. The van der Waals surface area contributed by atoms with Gasteiger partial charge in [0.1, 0.15) is 0 Å². The van der Waals surface area contributed by atoms with Crippen molar-refractivity contribution in [2.45, 2.75) is 0 Å². The normalized spacial score (nSPS) is 10.9. The van der Waals surface area contributed by atoms with E-state index in [0.29, 0.717) is 0 Å². The summed E-state index contributed by atoms with van der Waals surface area (Å²) < 4.78 is 2.08. The second-order valence-electron chi connectivity index (χ2n) is 4.71. The monoisotopic (exact) mass is 272 g/mol. The van der Waals surface area contributed by atoms with E-state index in [9.17, 15) is 0 Å². The Labute approximate surface area is 121 Å². The van der Waals surface area contributed by atoms with E-state index in [-0.39, 0.29) is 0 Å². The minimum Gasteiger partial charge on any atom is -0.313 e. The van der Waals surface area contributed by atoms with Gasteiger partial charge in [0.05, 0.1) is 34.3 Å². The zero-order chi connectivity index (χ0) is 14.1. The molecule has 100 valence electrons. The Morgan fingerprint density at radius 2 is 1.62 bits per heavy atom. The van der Waals surface area contributed by atoms with Gasteiger partial charge in [-0.2, -0.15) is 0 Å². The summed E-state index contributed by atoms with van der Waals surface area (Å²) in [6.07, 6.45) is 7.44. The Hall–Kier alpha value is -3.01. The fourth-order valence-electron chi connectivity index (χ4n) is 2.39. The van der Waals surface area contributed by atoms with Gasteiger partial charge in [0, 0.05) is 18.6 Å². The lowest BCUT2D eigenvalue weighted by molar-refractivity contribution is 1.10. The largest absolute Gasteiger partial charge is 0.313 e. The van der Waals surface area contributed by atoms with E-state index in [2.05, 4.69) is 25.6 Å². The lowest BCUT2D eigenvalue weighted by Crippen LogP contribution is -1.94. The second kappa shape index (κ2) is 4.83. The summed E-state index contributed by atoms with van der Waals surface area (Å²) in [5.41, 5.74) is 4.81. The molecule has 0 aliphatic carbocycles. The lowest BCUT2D eigenvalue weighted by Gasteiger charge is -2.06. The summed E-state index contributed by atoms with van der Waals surface area (Å²) in [6.45, 7) is 0. The molecule has 4 heteroatoms. The number of hydrogen-bond acceptors (Lipinski definition) is 3. The van der Waals surface area contributed by atoms with Crippen LogP contribution < -0.4 is 0 Å². The molecule has 0 fully saturated rings. The van der Waals surface area contributed by atoms with E-state index >= 15 is 0 Å². The van der Waals surface area contributed by atoms with Crippen LogP contribution in [0.2, 0.25) is 0 Å². The van der Waals surface area contributed by atoms with Crippen molar-refractivity contribution in [3.63, 3.8) is 0 Å². The van der Waals surface area contributed by atoms with Crippen molar-refractivity contribution in [2.24, 2.45) is 0 Å². The molecule has 4 heterocycles. The minimum absolute atomic E-state index is 0.869. The highest BCUT2D eigenvalue weighted by atomic mass is 15.0. The topological polar surface area (TPSA) is 43.6 Å². The van der Waals surface area contributed by atoms with E-state index < -0.39 is 0 Å². The Bertz CT molecular complexity index is 879. The maximum atomic E-state index is 4.51. The first kappa shape index (κ1) is 11.8. The van der Waals surface area contributed by atoms with Gasteiger partial charge in [-0.15, -0.1) is 0 Å². The molecule has 0 spiro atoms. The average Bonchev–Trinajstić information content (AvgIpc) is 3.00. The smallest absolute Gasteiger partial charge is 0.0887 e. The van der Waals surface area contributed by atoms with Crippen LogP contribution in [0.4, 0.5) is 0 Å². The third-order valence-corrected chi connectivity index (χ3v) is 3.41. The molecule has 0 bridgehead atoms. The highest BCUT2D eigenvalue weighted by Gasteiger charge is 2.05. The summed E-state index contributed by atoms with van der Waals surface area (Å²) >= 11 is 0. The van der Waals surface area contributed by atoms with E-state index in [1.54, 1.807) is 12.4 Å². The van der Waals surface area contributed by atoms with Gasteiger partial charge in [-0.3, -0.25) is 15.0 Å². The van der Waals surface area contributed by atoms with Gasteiger partial charge in [-0.05, 0) is 42.5 Å². The van der Waals surface area contributed by atoms with Gasteiger partial charge in [0.2, 0.25) is 0 Å². The van der Waals surface area contributed by atoms with Crippen LogP contribution in [0.5, 0.6) is 0 Å². The molecule has 0 atom stereocenters. The summed E-state index contributed by atoms with van der Waals surface area (Å²) in [6, 6.07) is 15.8. The lowest BCUT2D eigenvalue weighted by atomic mass is 10.2. The minimum atomic E-state index is 0.869. The fourth-order valence-corrected chi connectivity index (χ4v) is 2.39. The first-order valence-electron chi connectivity index (χ1n) is 6.72. The number of nitrogens with zero attached hydrogens (tertiary/aromatic N) is 4. The van der Waals surface area contributed by atoms with Crippen LogP contribution in [0.1, 0.15) is 0 Å². The van der Waals surface area contributed by atoms with Crippen LogP contribution in [0.25, 0.3) is 28.1 Å². The van der Waals surface area contributed by atoms with Crippen LogP contribution in [0, 0.1) is 0 Å². The summed E-state index contributed by atoms with van der Waals surface area (Å²) in [5.74, 6) is 0. The van der Waals surface area contributed by atoms with Gasteiger partial charge in [0.25, 0.3) is 0 Å². The van der Waals surface area contributed by atoms with E-state index in [1.807, 2.05) is 54.9 Å². The second-order valence-corrected chi connectivity index (χ2v) is 4.71. The van der Waals surface area contributed by atoms with Crippen molar-refractivity contribution < 1.29 is 0 Å². The highest BCUT2D eigenvalue weighted by molar-refractivity contribution is 5.77. The number of hydrogen-bond donors (Lipinski definition) is 0. The zero-order valence-corrected chi connectivity index (χ0v) is 11.2. The molecular formula is C17H12N4. The first-order chi connectivity index (χ1) is 10.4. The number of rotatable bonds is 2. The molecule has 0 saturated heterocycles. The summed E-state index contributed by atoms with van der Waals surface area (Å²) in [5, 5.41) is 0. The van der Waals surface area contributed by atoms with Crippen LogP contribution in [-0.2, 0) is 0 Å². The molecule has 0 saturated carbocycles. The summed E-state index contributed by atoms with van der Waals surface area (Å²) in [7, 11) is 0. The SMILES string of the molecule is c1ccc(-c2ccc(-n3ccc4ncccc43)cn2)nc1. The van der Waals surface area contributed by atoms with Crippen molar-refractivity contribution in [1.82, 2.24) is 19.5 Å². The van der Waals surface area contributed by atoms with Crippen molar-refractivity contribution in [2.75, 3.05) is 0 Å². The standard InChI is InChI=1S/C17H12N4/c1-2-9-18-14(4-1)15-7-6-13(12-20-15)21-11-8-16-17(21)5-3-10-19-16/h1-12H. The van der Waals surface area contributed by atoms with Gasteiger partial charge < -0.3 is 4.57 Å². The Kier molecular flexibility index (Phi) is 2.71. The highest BCUT2D eigenvalue weighted by Crippen LogP contribution is 2.20. The summed E-state index contributed by atoms with van der Waals surface area (Å²) in [4.78, 5) is 13.2. The number of fused-ring (bicyclic) bond motifs is 1. The van der Waals surface area contributed by atoms with Crippen LogP contribution in [0.3, 0.4) is 0 Å². The Balaban J connectivity index is 1.77. The molecule has 0 unspecified atom stereocenters. The van der Waals surface area contributed by atoms with E-state index in [1.165, 1.54) is 0 Å². The molecule has 0 aromatic carbocycles. The van der Waals surface area contributed by atoms with Crippen molar-refractivity contribution in [3.05, 3.63) is 73.3 Å². The maximum Gasteiger partial charge on any atom is 0.0887 e. The molecule has 4 rings (SSSR count). The quantitative estimate of drug-likeness (QED) is 0.561. The molecule has 0 amide bonds. The van der Waals surface area contributed by atoms with Crippen LogP contribution in [-0.4, -0.2) is 19.5 Å². The fraction of sp³-hybridized carbons (Fsp3) is 0. The van der Waals surface area contributed by atoms with E-state index in [4.69, 9.17) is 0 Å². The third kappa shape index (κ3) is 2.07. The van der Waals surface area contributed by atoms with Crippen molar-refractivity contribution >= 4 is 11.0 Å². The zero-order valence-electron chi connectivity index (χ0n) is 11.2. The molecule has 4 nitrogen and oxygen atoms in total. The van der Waals surface area contributed by atoms with Crippen molar-refractivity contribution in [1.29, 1.82) is 0 Å². The van der Waals surface area contributed by atoms with Crippen LogP contribution >= 0.6 is 0 Å². The predicted molar refractivity (Wildman–Crippen MR) is 82.1 cm³/mol. The van der Waals surface area contributed by atoms with E-state index in [0.717, 1.165) is 28.1 Å². The molecule has 0 aliphatic heterocycles. The van der Waals surface area contributed by atoms with Crippen LogP contribution in [0.15, 0.2) is 73.3 Å². The van der Waals surface area contributed by atoms with Crippen molar-refractivity contribution in [3.8, 4) is 17.1 Å². The molecule has 21 heavy (non-hydrogen) atoms. The number of aromatic nitrogens is 4. The van der Waals surface area contributed by atoms with Gasteiger partial charge >= 0.3 is 0 Å².